The number of carbonyl (C=O) groups is 1. The van der Waals surface area contributed by atoms with E-state index in [9.17, 15) is 14.7 Å². The van der Waals surface area contributed by atoms with Crippen molar-refractivity contribution in [3.8, 4) is 0 Å². The van der Waals surface area contributed by atoms with E-state index in [4.69, 9.17) is 4.74 Å². The zero-order valence-electron chi connectivity index (χ0n) is 18.3. The summed E-state index contributed by atoms with van der Waals surface area (Å²) in [4.78, 5) is 30.5. The number of carbonyl (C=O) groups excluding carboxylic acids is 1. The fraction of sp³-hybridized carbons (Fsp3) is 0.455. The number of fused-ring (bicyclic) bond motifs is 1. The fourth-order valence-electron chi connectivity index (χ4n) is 4.26. The molecule has 0 spiro atoms. The molecule has 0 radical (unpaired) electrons. The quantitative estimate of drug-likeness (QED) is 0.438. The summed E-state index contributed by atoms with van der Waals surface area (Å²) < 4.78 is 8.68. The van der Waals surface area contributed by atoms with Crippen molar-refractivity contribution in [3.05, 3.63) is 46.5 Å². The number of ether oxygens (including phenoxy) is 1. The molecule has 2 atom stereocenters. The third kappa shape index (κ3) is 4.05. The first-order valence-corrected chi connectivity index (χ1v) is 11.2. The minimum Gasteiger partial charge on any atom is -0.391 e. The van der Waals surface area contributed by atoms with Crippen molar-refractivity contribution < 1.29 is 14.6 Å². The van der Waals surface area contributed by atoms with Gasteiger partial charge in [-0.25, -0.2) is 4.98 Å². The number of pyridine rings is 1. The van der Waals surface area contributed by atoms with Crippen molar-refractivity contribution in [2.24, 2.45) is 0 Å². The van der Waals surface area contributed by atoms with Gasteiger partial charge in [-0.1, -0.05) is 0 Å². The van der Waals surface area contributed by atoms with Crippen molar-refractivity contribution in [3.63, 3.8) is 0 Å². The molecule has 1 aliphatic heterocycles. The molecule has 33 heavy (non-hydrogen) atoms. The van der Waals surface area contributed by atoms with Crippen LogP contribution in [0.25, 0.3) is 5.65 Å². The molecule has 1 saturated heterocycles. The summed E-state index contributed by atoms with van der Waals surface area (Å²) in [7, 11) is 1.74. The second kappa shape index (κ2) is 8.83. The third-order valence-electron chi connectivity index (χ3n) is 6.35. The summed E-state index contributed by atoms with van der Waals surface area (Å²) in [5, 5.41) is 23.1. The summed E-state index contributed by atoms with van der Waals surface area (Å²) in [5.41, 5.74) is 0.895. The van der Waals surface area contributed by atoms with Crippen LogP contribution in [0.3, 0.4) is 0 Å². The van der Waals surface area contributed by atoms with Crippen LogP contribution in [0.5, 0.6) is 0 Å². The predicted molar refractivity (Wildman–Crippen MR) is 122 cm³/mol. The van der Waals surface area contributed by atoms with E-state index in [1.165, 1.54) is 10.7 Å². The molecule has 11 heteroatoms. The van der Waals surface area contributed by atoms with E-state index in [0.717, 1.165) is 19.3 Å². The van der Waals surface area contributed by atoms with Crippen molar-refractivity contribution in [2.75, 3.05) is 30.9 Å². The van der Waals surface area contributed by atoms with Gasteiger partial charge in [-0.3, -0.25) is 9.59 Å². The second-order valence-electron chi connectivity index (χ2n) is 8.40. The third-order valence-corrected chi connectivity index (χ3v) is 6.35. The van der Waals surface area contributed by atoms with Crippen LogP contribution in [0.15, 0.2) is 35.4 Å². The Hall–Kier alpha value is -3.44. The molecule has 3 aromatic rings. The molecule has 5 rings (SSSR count). The first kappa shape index (κ1) is 21.4. The number of anilines is 3. The summed E-state index contributed by atoms with van der Waals surface area (Å²) in [6.45, 7) is 1.28. The SMILES string of the molecule is CNc1cc(Nc2cccn(C3CCOCC3)c2=O)nc2c(C(=O)NC3CC[C@@H]3O)cnn12. The Bertz CT molecular complexity index is 1230. The van der Waals surface area contributed by atoms with Crippen molar-refractivity contribution in [2.45, 2.75) is 43.9 Å². The van der Waals surface area contributed by atoms with Gasteiger partial charge >= 0.3 is 0 Å². The average molecular weight is 454 g/mol. The molecule has 2 aliphatic rings. The summed E-state index contributed by atoms with van der Waals surface area (Å²) in [5.74, 6) is 0.667. The van der Waals surface area contributed by atoms with Crippen LogP contribution in [-0.4, -0.2) is 62.6 Å². The molecule has 1 amide bonds. The number of aromatic nitrogens is 4. The van der Waals surface area contributed by atoms with Gasteiger partial charge in [0.05, 0.1) is 18.3 Å². The van der Waals surface area contributed by atoms with Crippen LogP contribution >= 0.6 is 0 Å². The minimum atomic E-state index is -0.523. The Kier molecular flexibility index (Phi) is 5.73. The van der Waals surface area contributed by atoms with E-state index >= 15 is 0 Å². The van der Waals surface area contributed by atoms with E-state index in [-0.39, 0.29) is 23.6 Å². The van der Waals surface area contributed by atoms with Crippen molar-refractivity contribution >= 4 is 28.9 Å². The Labute approximate surface area is 189 Å². The van der Waals surface area contributed by atoms with E-state index in [0.29, 0.717) is 48.2 Å². The van der Waals surface area contributed by atoms with Crippen LogP contribution in [-0.2, 0) is 4.74 Å². The predicted octanol–water partition coefficient (Wildman–Crippen LogP) is 1.28. The summed E-state index contributed by atoms with van der Waals surface area (Å²) in [6.07, 6.45) is 5.73. The molecule has 11 nitrogen and oxygen atoms in total. The highest BCUT2D eigenvalue weighted by Gasteiger charge is 2.31. The zero-order chi connectivity index (χ0) is 22.9. The number of amides is 1. The van der Waals surface area contributed by atoms with E-state index in [1.807, 2.05) is 6.07 Å². The number of hydrogen-bond acceptors (Lipinski definition) is 8. The molecule has 0 aromatic carbocycles. The van der Waals surface area contributed by atoms with Gasteiger partial charge in [0.25, 0.3) is 11.5 Å². The molecular formula is C22H27N7O4. The number of nitrogens with one attached hydrogen (secondary N) is 3. The average Bonchev–Trinajstić information content (AvgIpc) is 3.27. The Balaban J connectivity index is 1.46. The van der Waals surface area contributed by atoms with Crippen molar-refractivity contribution in [1.82, 2.24) is 24.5 Å². The first-order valence-electron chi connectivity index (χ1n) is 11.2. The van der Waals surface area contributed by atoms with Crippen LogP contribution in [0.1, 0.15) is 42.1 Å². The largest absolute Gasteiger partial charge is 0.391 e. The smallest absolute Gasteiger partial charge is 0.274 e. The van der Waals surface area contributed by atoms with Gasteiger partial charge in [-0.2, -0.15) is 9.61 Å². The number of aliphatic hydroxyl groups excluding tert-OH is 1. The van der Waals surface area contributed by atoms with Crippen LogP contribution < -0.4 is 21.5 Å². The Morgan fingerprint density at radius 3 is 2.76 bits per heavy atom. The normalized spacial score (nSPS) is 20.9. The first-order chi connectivity index (χ1) is 16.0. The summed E-state index contributed by atoms with van der Waals surface area (Å²) in [6, 6.07) is 5.11. The molecule has 1 aliphatic carbocycles. The molecule has 174 valence electrons. The Morgan fingerprint density at radius 1 is 1.24 bits per heavy atom. The van der Waals surface area contributed by atoms with Gasteiger partial charge in [-0.05, 0) is 37.8 Å². The van der Waals surface area contributed by atoms with Crippen LogP contribution in [0.2, 0.25) is 0 Å². The molecular weight excluding hydrogens is 426 g/mol. The van der Waals surface area contributed by atoms with Gasteiger partial charge in [0.1, 0.15) is 22.9 Å². The van der Waals surface area contributed by atoms with Crippen molar-refractivity contribution in [1.29, 1.82) is 0 Å². The lowest BCUT2D eigenvalue weighted by Crippen LogP contribution is -2.50. The number of aliphatic hydroxyl groups is 1. The minimum absolute atomic E-state index is 0.100. The standard InChI is InChI=1S/C22H27N7O4/c1-23-19-11-18(25-16-3-2-8-28(22(16)32)13-6-9-33-10-7-13)27-20-14(12-24-29(19)20)21(31)26-15-4-5-17(15)30/h2-3,8,11-13,15,17,23,30H,4-7,9-10H2,1H3,(H,25,27)(H,26,31)/t15?,17-/m0/s1. The Morgan fingerprint density at radius 2 is 2.06 bits per heavy atom. The monoisotopic (exact) mass is 453 g/mol. The number of nitrogens with zero attached hydrogens (tertiary/aromatic N) is 4. The molecule has 0 bridgehead atoms. The van der Waals surface area contributed by atoms with Gasteiger partial charge in [0, 0.05) is 38.6 Å². The molecule has 2 fully saturated rings. The highest BCUT2D eigenvalue weighted by Crippen LogP contribution is 2.24. The van der Waals surface area contributed by atoms with E-state index in [1.54, 1.807) is 29.9 Å². The van der Waals surface area contributed by atoms with Gasteiger partial charge in [0.15, 0.2) is 5.65 Å². The highest BCUT2D eigenvalue weighted by atomic mass is 16.5. The maximum Gasteiger partial charge on any atom is 0.274 e. The highest BCUT2D eigenvalue weighted by molar-refractivity contribution is 6.00. The summed E-state index contributed by atoms with van der Waals surface area (Å²) >= 11 is 0. The lowest BCUT2D eigenvalue weighted by molar-refractivity contribution is 0.0448. The fourth-order valence-corrected chi connectivity index (χ4v) is 4.26. The maximum atomic E-state index is 13.1. The zero-order valence-corrected chi connectivity index (χ0v) is 18.3. The molecule has 4 heterocycles. The van der Waals surface area contributed by atoms with Gasteiger partial charge in [-0.15, -0.1) is 0 Å². The molecule has 4 N–H and O–H groups in total. The van der Waals surface area contributed by atoms with Crippen LogP contribution in [0, 0.1) is 0 Å². The maximum absolute atomic E-state index is 13.1. The van der Waals surface area contributed by atoms with E-state index in [2.05, 4.69) is 26.0 Å². The molecule has 1 saturated carbocycles. The second-order valence-corrected chi connectivity index (χ2v) is 8.40. The number of rotatable bonds is 6. The van der Waals surface area contributed by atoms with Gasteiger partial charge in [0.2, 0.25) is 0 Å². The molecule has 3 aromatic heterocycles. The van der Waals surface area contributed by atoms with Gasteiger partial charge < -0.3 is 30.4 Å². The topological polar surface area (TPSA) is 135 Å². The number of hydrogen-bond donors (Lipinski definition) is 4. The van der Waals surface area contributed by atoms with E-state index < -0.39 is 6.10 Å². The van der Waals surface area contributed by atoms with Crippen LogP contribution in [0.4, 0.5) is 17.3 Å². The lowest BCUT2D eigenvalue weighted by atomic mass is 9.89. The lowest BCUT2D eigenvalue weighted by Gasteiger charge is -2.32. The molecule has 1 unspecified atom stereocenters.